The molecule has 0 aromatic heterocycles. The minimum absolute atomic E-state index is 0.322. The lowest BCUT2D eigenvalue weighted by atomic mass is 9.80. The second-order valence-electron chi connectivity index (χ2n) is 9.77. The van der Waals surface area contributed by atoms with E-state index in [0.717, 1.165) is 0 Å². The largest absolute Gasteiger partial charge is 0.508 e. The molecule has 0 radical (unpaired) electrons. The third kappa shape index (κ3) is 19.3. The summed E-state index contributed by atoms with van der Waals surface area (Å²) in [6.07, 6.45) is 10.3. The van der Waals surface area contributed by atoms with Gasteiger partial charge in [-0.25, -0.2) is 0 Å². The van der Waals surface area contributed by atoms with Crippen molar-refractivity contribution in [2.45, 2.75) is 58.8 Å². The second-order valence-corrected chi connectivity index (χ2v) is 9.77. The molecule has 0 spiro atoms. The molecule has 204 valence electrons. The Bertz CT molecular complexity index is 877. The lowest BCUT2D eigenvalue weighted by Crippen LogP contribution is -2.12. The Labute approximate surface area is 228 Å². The van der Waals surface area contributed by atoms with Crippen molar-refractivity contribution in [1.82, 2.24) is 0 Å². The van der Waals surface area contributed by atoms with Gasteiger partial charge in [-0.15, -0.1) is 0 Å². The molecule has 4 nitrogen and oxygen atoms in total. The zero-order chi connectivity index (χ0) is 27.9. The number of hydrogen-bond donors (Lipinski definition) is 4. The third-order valence-corrected chi connectivity index (χ3v) is 5.73. The van der Waals surface area contributed by atoms with Crippen molar-refractivity contribution in [3.8, 4) is 23.0 Å². The standard InChI is InChI=1S/C10H20.4C6H6O/c1-10(2)8-6-4-3-5-7-9-10;4*7-6-4-2-1-3-5-6/h3-9H2,1-2H3;4*1-5,7H. The number of phenols is 4. The Hall–Kier alpha value is -3.92. The first kappa shape index (κ1) is 32.1. The van der Waals surface area contributed by atoms with E-state index in [4.69, 9.17) is 20.4 Å². The van der Waals surface area contributed by atoms with Crippen LogP contribution in [-0.4, -0.2) is 20.4 Å². The van der Waals surface area contributed by atoms with E-state index in [2.05, 4.69) is 13.8 Å². The molecular weight excluding hydrogens is 472 g/mol. The van der Waals surface area contributed by atoms with Crippen molar-refractivity contribution in [2.75, 3.05) is 0 Å². The Morgan fingerprint density at radius 3 is 0.763 bits per heavy atom. The van der Waals surface area contributed by atoms with Crippen LogP contribution in [0.2, 0.25) is 0 Å². The van der Waals surface area contributed by atoms with Crippen molar-refractivity contribution < 1.29 is 20.4 Å². The third-order valence-electron chi connectivity index (χ3n) is 5.73. The van der Waals surface area contributed by atoms with Crippen LogP contribution in [0.1, 0.15) is 58.8 Å². The summed E-state index contributed by atoms with van der Waals surface area (Å²) in [6, 6.07) is 34.9. The summed E-state index contributed by atoms with van der Waals surface area (Å²) in [5, 5.41) is 34.5. The first-order valence-electron chi connectivity index (χ1n) is 13.2. The normalized spacial score (nSPS) is 13.4. The fourth-order valence-corrected chi connectivity index (χ4v) is 3.57. The van der Waals surface area contributed by atoms with Gasteiger partial charge in [0.25, 0.3) is 0 Å². The number of benzene rings is 4. The maximum atomic E-state index is 8.63. The molecule has 4 heteroatoms. The lowest BCUT2D eigenvalue weighted by Gasteiger charge is -2.26. The molecule has 0 bridgehead atoms. The number of para-hydroxylation sites is 4. The number of aromatic hydroxyl groups is 4. The van der Waals surface area contributed by atoms with Crippen molar-refractivity contribution >= 4 is 0 Å². The van der Waals surface area contributed by atoms with Gasteiger partial charge in [-0.05, 0) is 66.8 Å². The van der Waals surface area contributed by atoms with Crippen LogP contribution in [0.5, 0.6) is 23.0 Å². The molecule has 0 aliphatic heterocycles. The van der Waals surface area contributed by atoms with Crippen molar-refractivity contribution in [3.63, 3.8) is 0 Å². The molecule has 0 amide bonds. The summed E-state index contributed by atoms with van der Waals surface area (Å²) < 4.78 is 0. The minimum Gasteiger partial charge on any atom is -0.508 e. The highest BCUT2D eigenvalue weighted by molar-refractivity contribution is 5.20. The second kappa shape index (κ2) is 20.2. The Kier molecular flexibility index (Phi) is 17.0. The first-order chi connectivity index (χ1) is 18.3. The molecule has 0 unspecified atom stereocenters. The van der Waals surface area contributed by atoms with Crippen molar-refractivity contribution in [2.24, 2.45) is 5.41 Å². The summed E-state index contributed by atoms with van der Waals surface area (Å²) in [6.45, 7) is 4.83. The minimum atomic E-state index is 0.322. The summed E-state index contributed by atoms with van der Waals surface area (Å²) in [7, 11) is 0. The fourth-order valence-electron chi connectivity index (χ4n) is 3.57. The predicted molar refractivity (Wildman–Crippen MR) is 159 cm³/mol. The SMILES string of the molecule is CC1(C)CCCCCCC1.Oc1ccccc1.Oc1ccccc1.Oc1ccccc1.Oc1ccccc1. The molecule has 0 saturated heterocycles. The summed E-state index contributed by atoms with van der Waals surface area (Å²) in [5.41, 5.74) is 0.653. The first-order valence-corrected chi connectivity index (χ1v) is 13.2. The van der Waals surface area contributed by atoms with E-state index < -0.39 is 0 Å². The maximum absolute atomic E-state index is 8.63. The molecule has 0 atom stereocenters. The highest BCUT2D eigenvalue weighted by Gasteiger charge is 2.17. The molecule has 1 aliphatic carbocycles. The van der Waals surface area contributed by atoms with E-state index in [0.29, 0.717) is 28.4 Å². The predicted octanol–water partition coefficient (Wildman–Crippen LogP) is 9.33. The van der Waals surface area contributed by atoms with Gasteiger partial charge in [-0.3, -0.25) is 0 Å². The molecule has 4 aromatic rings. The van der Waals surface area contributed by atoms with E-state index in [1.165, 1.54) is 44.9 Å². The van der Waals surface area contributed by atoms with Gasteiger partial charge in [-0.2, -0.15) is 0 Å². The average molecular weight is 517 g/mol. The molecule has 1 aliphatic rings. The van der Waals surface area contributed by atoms with Crippen LogP contribution < -0.4 is 0 Å². The van der Waals surface area contributed by atoms with Crippen LogP contribution in [0.15, 0.2) is 121 Å². The Balaban J connectivity index is 0.000000239. The zero-order valence-electron chi connectivity index (χ0n) is 22.8. The molecule has 4 aromatic carbocycles. The molecule has 1 saturated carbocycles. The Morgan fingerprint density at radius 1 is 0.368 bits per heavy atom. The summed E-state index contributed by atoms with van der Waals surface area (Å²) >= 11 is 0. The maximum Gasteiger partial charge on any atom is 0.115 e. The van der Waals surface area contributed by atoms with Crippen LogP contribution >= 0.6 is 0 Å². The van der Waals surface area contributed by atoms with Crippen LogP contribution in [0, 0.1) is 5.41 Å². The van der Waals surface area contributed by atoms with Crippen molar-refractivity contribution in [1.29, 1.82) is 0 Å². The summed E-state index contributed by atoms with van der Waals surface area (Å²) in [4.78, 5) is 0. The van der Waals surface area contributed by atoms with Crippen LogP contribution in [0.25, 0.3) is 0 Å². The van der Waals surface area contributed by atoms with Crippen LogP contribution in [0.4, 0.5) is 0 Å². The molecule has 5 rings (SSSR count). The lowest BCUT2D eigenvalue weighted by molar-refractivity contribution is 0.266. The van der Waals surface area contributed by atoms with Gasteiger partial charge >= 0.3 is 0 Å². The van der Waals surface area contributed by atoms with Gasteiger partial charge < -0.3 is 20.4 Å². The van der Waals surface area contributed by atoms with Gasteiger partial charge in [0.1, 0.15) is 23.0 Å². The highest BCUT2D eigenvalue weighted by atomic mass is 16.3. The van der Waals surface area contributed by atoms with Crippen LogP contribution in [0.3, 0.4) is 0 Å². The molecule has 38 heavy (non-hydrogen) atoms. The van der Waals surface area contributed by atoms with E-state index >= 15 is 0 Å². The number of rotatable bonds is 0. The van der Waals surface area contributed by atoms with Gasteiger partial charge in [0, 0.05) is 0 Å². The zero-order valence-corrected chi connectivity index (χ0v) is 22.8. The van der Waals surface area contributed by atoms with Gasteiger partial charge in [-0.1, -0.05) is 119 Å². The van der Waals surface area contributed by atoms with E-state index in [-0.39, 0.29) is 0 Å². The fraction of sp³-hybridized carbons (Fsp3) is 0.294. The van der Waals surface area contributed by atoms with E-state index in [1.807, 2.05) is 24.3 Å². The number of phenolic OH excluding ortho intramolecular Hbond substituents is 4. The average Bonchev–Trinajstić information content (AvgIpc) is 2.90. The Morgan fingerprint density at radius 2 is 0.579 bits per heavy atom. The molecule has 4 N–H and O–H groups in total. The highest BCUT2D eigenvalue weighted by Crippen LogP contribution is 2.32. The molecule has 1 fully saturated rings. The molecular formula is C34H44O4. The van der Waals surface area contributed by atoms with Crippen molar-refractivity contribution in [3.05, 3.63) is 121 Å². The van der Waals surface area contributed by atoms with Gasteiger partial charge in [0.05, 0.1) is 0 Å². The van der Waals surface area contributed by atoms with Gasteiger partial charge in [0.15, 0.2) is 0 Å². The number of hydrogen-bond acceptors (Lipinski definition) is 4. The monoisotopic (exact) mass is 516 g/mol. The van der Waals surface area contributed by atoms with Gasteiger partial charge in [0.2, 0.25) is 0 Å². The van der Waals surface area contributed by atoms with Crippen LogP contribution in [-0.2, 0) is 0 Å². The van der Waals surface area contributed by atoms with E-state index in [1.54, 1.807) is 97.1 Å². The van der Waals surface area contributed by atoms with E-state index in [9.17, 15) is 0 Å². The quantitative estimate of drug-likeness (QED) is 0.188. The summed E-state index contributed by atoms with van der Waals surface area (Å²) in [5.74, 6) is 1.29. The topological polar surface area (TPSA) is 80.9 Å². The molecule has 0 heterocycles. The smallest absolute Gasteiger partial charge is 0.115 e.